The predicted octanol–water partition coefficient (Wildman–Crippen LogP) is 19.1. The van der Waals surface area contributed by atoms with E-state index in [9.17, 15) is 23.1 Å². The first-order valence-corrected chi connectivity index (χ1v) is 66.7. The fraction of sp³-hybridized carbons (Fsp3) is 0.656. The standard InChI is InChI=1S/C31H50N4O6SSi2.C30H48IN5O3Si2.C22H40N4O4Si2.C10H12N4O4/c1-20-14-21(2)27(22(3)15-20)42(36,37)40-29-26-28(32-18-33-29)35(19-34-26)25-16-23(41-44(12,13)31(7,8)9)24(39-25)17-38-43(10,11)30(4,5)6;1-20(21-12-14-22(31)15-13-21)35-27-26-28(33-18-32-27)36(19-34-26)25-16-23(39-41(10,11)30(5,6)7)24(38-25)17-37-40(8,9)29(2,3)4;1-21(2,3)31(7,8)28-12-16-15(30-32(9,10)22(4,5)6)11-17(29-16)26-14-25-18-19(26)23-13-24-20(18)27;15-2-6-5(16)1-7(18-6)14-4-13-8-9(14)11-3-12-10(8)17/h14-15,18-19,23-25H,16-17H2,1-13H3;12-15,18-20,23-25H,16-17H2,1-11H3,(H,32,33,35);13-17H,11-12H2,1-10H3,(H,23,24,27);3-7,15-16H,1-2H2,(H,11,12,17)/t23?,24-,25-;20?,23?,24-,25-;15?,16-,17-;5?,6-,7-/m1111/s1. The van der Waals surface area contributed by atoms with Crippen molar-refractivity contribution in [3.8, 4) is 5.88 Å². The Morgan fingerprint density at radius 1 is 0.459 bits per heavy atom. The highest BCUT2D eigenvalue weighted by Crippen LogP contribution is 2.49. The monoisotopic (exact) mass is 2100 g/mol. The number of H-pyrrole nitrogens is 2. The normalized spacial score (nSPS) is 22.4. The summed E-state index contributed by atoms with van der Waals surface area (Å²) in [6, 6.07) is 12.2. The first kappa shape index (κ1) is 109. The summed E-state index contributed by atoms with van der Waals surface area (Å²) in [4.78, 5) is 72.4. The van der Waals surface area contributed by atoms with Gasteiger partial charge in [-0.05, 0) is 188 Å². The van der Waals surface area contributed by atoms with Crippen LogP contribution in [0, 0.1) is 24.3 Å². The van der Waals surface area contributed by atoms with Gasteiger partial charge >= 0.3 is 10.1 Å². The molecule has 8 aromatic heterocycles. The van der Waals surface area contributed by atoms with E-state index in [1.807, 2.05) is 39.1 Å². The van der Waals surface area contributed by atoms with E-state index in [1.165, 1.54) is 34.4 Å². The lowest BCUT2D eigenvalue weighted by Gasteiger charge is -2.40. The number of fused-ring (bicyclic) bond motifs is 4. The molecule has 0 aliphatic carbocycles. The van der Waals surface area contributed by atoms with Gasteiger partial charge in [-0.3, -0.25) is 27.9 Å². The number of aliphatic hydroxyl groups is 2. The van der Waals surface area contributed by atoms with E-state index in [1.54, 1.807) is 37.4 Å². The number of hydrogen-bond donors (Lipinski definition) is 5. The molecule has 42 heteroatoms. The van der Waals surface area contributed by atoms with E-state index < -0.39 is 84.7 Å². The summed E-state index contributed by atoms with van der Waals surface area (Å²) in [5.74, 6) is 0.586. The van der Waals surface area contributed by atoms with Crippen molar-refractivity contribution in [2.24, 2.45) is 0 Å². The van der Waals surface area contributed by atoms with Crippen LogP contribution >= 0.6 is 22.6 Å². The number of anilines is 1. The van der Waals surface area contributed by atoms with E-state index in [-0.39, 0.29) is 125 Å². The quantitative estimate of drug-likeness (QED) is 0.0191. The molecule has 0 amide bonds. The molecular weight excluding hydrogens is 1950 g/mol. The number of nitrogens with zero attached hydrogens (tertiary/aromatic N) is 14. The first-order chi connectivity index (χ1) is 62.2. The fourth-order valence-corrected chi connectivity index (χ4v) is 23.6. The minimum absolute atomic E-state index is 0.0245. The van der Waals surface area contributed by atoms with Crippen LogP contribution in [-0.4, -0.2) is 222 Å². The number of aromatic nitrogens is 16. The molecule has 10 aromatic rings. The van der Waals surface area contributed by atoms with Gasteiger partial charge in [0.25, 0.3) is 17.0 Å². The maximum Gasteiger partial charge on any atom is 0.341 e. The van der Waals surface area contributed by atoms with Crippen LogP contribution in [0.3, 0.4) is 0 Å². The Morgan fingerprint density at radius 3 is 1.14 bits per heavy atom. The molecule has 2 aromatic carbocycles. The Hall–Kier alpha value is -6.66. The molecule has 0 radical (unpaired) electrons. The van der Waals surface area contributed by atoms with Gasteiger partial charge in [-0.2, -0.15) is 13.4 Å². The summed E-state index contributed by atoms with van der Waals surface area (Å²) >= 11 is 2.32. The van der Waals surface area contributed by atoms with Crippen LogP contribution in [-0.2, 0) is 55.6 Å². The number of imidazole rings is 4. The maximum absolute atomic E-state index is 13.4. The van der Waals surface area contributed by atoms with Crippen molar-refractivity contribution in [2.75, 3.05) is 31.7 Å². The van der Waals surface area contributed by atoms with Crippen molar-refractivity contribution in [1.82, 2.24) is 78.1 Å². The minimum atomic E-state index is -4.18. The third-order valence-electron chi connectivity index (χ3n) is 29.3. The summed E-state index contributed by atoms with van der Waals surface area (Å²) in [6.45, 7) is 76.3. The Bertz CT molecular complexity index is 5970. The topological polar surface area (TPSA) is 402 Å². The smallest absolute Gasteiger partial charge is 0.341 e. The van der Waals surface area contributed by atoms with Crippen molar-refractivity contribution >= 4 is 133 Å². The predicted molar refractivity (Wildman–Crippen MR) is 549 cm³/mol. The lowest BCUT2D eigenvalue weighted by atomic mass is 10.1. The van der Waals surface area contributed by atoms with Gasteiger partial charge in [-0.25, -0.2) is 44.9 Å². The number of aliphatic hydroxyl groups excluding tert-OH is 2. The Labute approximate surface area is 816 Å². The number of aromatic amines is 2. The van der Waals surface area contributed by atoms with E-state index in [2.05, 4.69) is 317 Å². The van der Waals surface area contributed by atoms with Crippen LogP contribution in [0.5, 0.6) is 5.88 Å². The largest absolute Gasteiger partial charge is 0.414 e. The van der Waals surface area contributed by atoms with E-state index in [0.717, 1.165) is 23.1 Å². The van der Waals surface area contributed by atoms with Gasteiger partial charge < -0.3 is 75.2 Å². The first-order valence-electron chi connectivity index (χ1n) is 46.7. The highest BCUT2D eigenvalue weighted by atomic mass is 127. The zero-order chi connectivity index (χ0) is 100. The van der Waals surface area contributed by atoms with Gasteiger partial charge in [-0.15, -0.1) is 0 Å². The van der Waals surface area contributed by atoms with Gasteiger partial charge in [-0.1, -0.05) is 154 Å². The Morgan fingerprint density at radius 2 is 0.785 bits per heavy atom. The van der Waals surface area contributed by atoms with Crippen LogP contribution in [0.4, 0.5) is 5.82 Å². The molecule has 0 spiro atoms. The summed E-state index contributed by atoms with van der Waals surface area (Å²) in [6.07, 6.45) is 10.6. The lowest BCUT2D eigenvalue weighted by Crippen LogP contribution is -2.48. The molecule has 5 N–H and O–H groups in total. The second-order valence-corrected chi connectivity index (χ2v) is 76.9. The number of hydrogen-bond acceptors (Lipinski definition) is 28. The molecule has 4 aliphatic heterocycles. The summed E-state index contributed by atoms with van der Waals surface area (Å²) in [5.41, 5.74) is 6.41. The number of benzene rings is 2. The SMILES string of the molecule is CC(C)(C)[Si](C)(C)OC[C@H]1O[C@@H](n2cnc3c(=O)[nH]cnc32)CC1O[Si](C)(C)C(C)(C)C.CC(Nc1ncnc2c1ncn2[C@H]1CC(O[Si](C)(C)C(C)(C)C)[C@@H](CO[Si](C)(C)C(C)(C)C)O1)c1ccc(I)cc1.Cc1cc(C)c(S(=O)(=O)Oc2ncnc3c2ncn3[C@H]2CC(O[Si](C)(C)C(C)(C)C)[C@@H](CO[Si](C)(C)C(C)(C)C)O2)c(C)c1.O=c1[nH]cnc2c1ncn2[C@H]1CC(O)[C@@H](CO)O1. The minimum Gasteiger partial charge on any atom is -0.414 e. The lowest BCUT2D eigenvalue weighted by molar-refractivity contribution is -0.0432. The zero-order valence-corrected chi connectivity index (χ0v) is 94.8. The van der Waals surface area contributed by atoms with Crippen molar-refractivity contribution < 1.29 is 68.3 Å². The van der Waals surface area contributed by atoms with E-state index in [4.69, 9.17) is 59.8 Å². The molecule has 135 heavy (non-hydrogen) atoms. The van der Waals surface area contributed by atoms with Gasteiger partial charge in [0.2, 0.25) is 0 Å². The maximum atomic E-state index is 13.4. The van der Waals surface area contributed by atoms with Gasteiger partial charge in [0, 0.05) is 29.3 Å². The van der Waals surface area contributed by atoms with Crippen molar-refractivity contribution in [1.29, 1.82) is 0 Å². The molecule has 0 bridgehead atoms. The third kappa shape index (κ3) is 24.9. The molecule has 5 unspecified atom stereocenters. The van der Waals surface area contributed by atoms with Gasteiger partial charge in [0.1, 0.15) is 66.9 Å². The number of rotatable bonds is 26. The van der Waals surface area contributed by atoms with Crippen LogP contribution in [0.2, 0.25) is 109 Å². The molecule has 34 nitrogen and oxygen atoms in total. The molecule has 746 valence electrons. The molecule has 4 aliphatic rings. The average molecular weight is 2110 g/mol. The zero-order valence-electron chi connectivity index (χ0n) is 85.8. The van der Waals surface area contributed by atoms with E-state index in [0.29, 0.717) is 78.5 Å². The second-order valence-electron chi connectivity index (χ2n) is 45.5. The number of nitrogens with one attached hydrogen (secondary N) is 3. The number of halogens is 1. The number of aryl methyl sites for hydroxylation is 3. The van der Waals surface area contributed by atoms with E-state index >= 15 is 0 Å². The van der Waals surface area contributed by atoms with Crippen LogP contribution in [0.25, 0.3) is 44.7 Å². The van der Waals surface area contributed by atoms with Gasteiger partial charge in [0.05, 0.1) is 94.8 Å². The fourth-order valence-electron chi connectivity index (χ4n) is 14.8. The molecule has 12 heterocycles. The Balaban J connectivity index is 0.000000180. The summed E-state index contributed by atoms with van der Waals surface area (Å²) < 4.78 is 107. The summed E-state index contributed by atoms with van der Waals surface area (Å²) in [5, 5.41) is 22.8. The van der Waals surface area contributed by atoms with Crippen LogP contribution < -0.4 is 20.6 Å². The van der Waals surface area contributed by atoms with Crippen LogP contribution in [0.15, 0.2) is 102 Å². The molecule has 14 rings (SSSR count). The average Bonchev–Trinajstić information content (AvgIpc) is 1.72. The van der Waals surface area contributed by atoms with Crippen molar-refractivity contribution in [2.45, 2.75) is 371 Å². The van der Waals surface area contributed by atoms with Gasteiger partial charge in [0.15, 0.2) is 100 Å². The third-order valence-corrected chi connectivity index (χ3v) is 58.6. The number of ether oxygens (including phenoxy) is 4. The Kier molecular flexibility index (Phi) is 33.1. The molecule has 4 saturated heterocycles. The van der Waals surface area contributed by atoms with Crippen LogP contribution in [0.1, 0.15) is 210 Å². The molecular formula is C93H150IN17O17SSi6. The highest BCUT2D eigenvalue weighted by molar-refractivity contribution is 14.1. The molecule has 0 saturated carbocycles. The second kappa shape index (κ2) is 41.1. The molecule has 4 fully saturated rings. The van der Waals surface area contributed by atoms with Crippen molar-refractivity contribution in [3.63, 3.8) is 0 Å². The van der Waals surface area contributed by atoms with Crippen molar-refractivity contribution in [3.05, 3.63) is 134 Å². The highest BCUT2D eigenvalue weighted by Gasteiger charge is 2.52. The molecule has 13 atom stereocenters. The summed E-state index contributed by atoms with van der Waals surface area (Å²) in [7, 11) is -16.3.